The molecule has 1 atom stereocenters. The lowest BCUT2D eigenvalue weighted by Gasteiger charge is -2.38. The first-order valence-corrected chi connectivity index (χ1v) is 6.63. The van der Waals surface area contributed by atoms with Gasteiger partial charge in [0.15, 0.2) is 0 Å². The highest BCUT2D eigenvalue weighted by atomic mass is 19.3. The van der Waals surface area contributed by atoms with E-state index in [9.17, 15) is 18.9 Å². The molecule has 1 aromatic carbocycles. The Kier molecular flexibility index (Phi) is 4.81. The molecule has 0 bridgehead atoms. The third-order valence-electron chi connectivity index (χ3n) is 3.52. The van der Waals surface area contributed by atoms with Crippen LogP contribution < -0.4 is 5.32 Å². The number of aliphatic hydroxyl groups excluding tert-OH is 1. The number of nitro benzene ring substituents is 1. The predicted molar refractivity (Wildman–Crippen MR) is 72.3 cm³/mol. The molecule has 1 aliphatic heterocycles. The van der Waals surface area contributed by atoms with Crippen molar-refractivity contribution in [1.82, 2.24) is 10.2 Å². The van der Waals surface area contributed by atoms with Gasteiger partial charge < -0.3 is 10.4 Å². The molecular formula is C13H17F2N3O3. The number of rotatable bonds is 5. The molecule has 0 amide bonds. The number of halogens is 2. The van der Waals surface area contributed by atoms with E-state index in [1.165, 1.54) is 18.2 Å². The molecule has 21 heavy (non-hydrogen) atoms. The maximum atomic E-state index is 14.1. The van der Waals surface area contributed by atoms with Crippen LogP contribution in [0.1, 0.15) is 11.6 Å². The zero-order valence-corrected chi connectivity index (χ0v) is 11.3. The minimum atomic E-state index is -3.37. The molecule has 2 rings (SSSR count). The Balaban J connectivity index is 2.39. The van der Waals surface area contributed by atoms with E-state index in [1.54, 1.807) is 4.90 Å². The summed E-state index contributed by atoms with van der Waals surface area (Å²) < 4.78 is 28.3. The van der Waals surface area contributed by atoms with E-state index in [0.717, 1.165) is 6.07 Å². The highest BCUT2D eigenvalue weighted by molar-refractivity contribution is 5.36. The van der Waals surface area contributed by atoms with Crippen LogP contribution in [0.25, 0.3) is 0 Å². The maximum absolute atomic E-state index is 14.1. The van der Waals surface area contributed by atoms with Gasteiger partial charge in [-0.1, -0.05) is 12.1 Å². The number of alkyl halides is 2. The minimum Gasteiger partial charge on any atom is -0.390 e. The summed E-state index contributed by atoms with van der Waals surface area (Å²) in [6.07, 6.45) is 0. The summed E-state index contributed by atoms with van der Waals surface area (Å²) in [5.74, 6) is -3.37. The lowest BCUT2D eigenvalue weighted by Crippen LogP contribution is -2.51. The topological polar surface area (TPSA) is 78.6 Å². The Morgan fingerprint density at radius 1 is 1.43 bits per heavy atom. The van der Waals surface area contributed by atoms with E-state index in [4.69, 9.17) is 5.11 Å². The normalized spacial score (nSPS) is 18.4. The van der Waals surface area contributed by atoms with Crippen molar-refractivity contribution in [1.29, 1.82) is 0 Å². The number of nitrogens with one attached hydrogen (secondary N) is 1. The lowest BCUT2D eigenvalue weighted by atomic mass is 9.98. The van der Waals surface area contributed by atoms with Crippen LogP contribution in [0.2, 0.25) is 0 Å². The van der Waals surface area contributed by atoms with Crippen molar-refractivity contribution in [3.05, 3.63) is 39.9 Å². The molecule has 0 saturated carbocycles. The first-order valence-electron chi connectivity index (χ1n) is 6.63. The van der Waals surface area contributed by atoms with Gasteiger partial charge in [0.1, 0.15) is 12.6 Å². The number of hydrogen-bond acceptors (Lipinski definition) is 5. The second-order valence-electron chi connectivity index (χ2n) is 4.96. The van der Waals surface area contributed by atoms with Crippen molar-refractivity contribution in [3.63, 3.8) is 0 Å². The Morgan fingerprint density at radius 2 is 2.10 bits per heavy atom. The molecule has 1 aromatic rings. The molecule has 0 radical (unpaired) electrons. The molecule has 2 N–H and O–H groups in total. The second-order valence-corrected chi connectivity index (χ2v) is 4.96. The van der Waals surface area contributed by atoms with Gasteiger partial charge >= 0.3 is 0 Å². The Labute approximate surface area is 120 Å². The lowest BCUT2D eigenvalue weighted by molar-refractivity contribution is -0.385. The highest BCUT2D eigenvalue weighted by Crippen LogP contribution is 2.37. The summed E-state index contributed by atoms with van der Waals surface area (Å²) in [5.41, 5.74) is -0.0912. The van der Waals surface area contributed by atoms with Crippen molar-refractivity contribution in [3.8, 4) is 0 Å². The maximum Gasteiger partial charge on any atom is 0.289 e. The van der Waals surface area contributed by atoms with Crippen LogP contribution in [0.3, 0.4) is 0 Å². The SMILES string of the molecule is O=[N+]([O-])c1cccc([C@@H](N2CCNCC2)C(F)(F)CO)c1. The first kappa shape index (κ1) is 15.7. The number of aliphatic hydroxyl groups is 1. The highest BCUT2D eigenvalue weighted by Gasteiger charge is 2.44. The molecule has 0 aromatic heterocycles. The largest absolute Gasteiger partial charge is 0.390 e. The van der Waals surface area contributed by atoms with Gasteiger partial charge in [0.05, 0.1) is 4.92 Å². The van der Waals surface area contributed by atoms with Crippen LogP contribution in [-0.4, -0.2) is 53.6 Å². The van der Waals surface area contributed by atoms with E-state index in [2.05, 4.69) is 5.32 Å². The fourth-order valence-electron chi connectivity index (χ4n) is 2.56. The predicted octanol–water partition coefficient (Wildman–Crippen LogP) is 1.17. The summed E-state index contributed by atoms with van der Waals surface area (Å²) in [5, 5.41) is 22.9. The van der Waals surface area contributed by atoms with E-state index < -0.39 is 23.5 Å². The number of hydrogen-bond donors (Lipinski definition) is 2. The van der Waals surface area contributed by atoms with Crippen LogP contribution in [0.5, 0.6) is 0 Å². The van der Waals surface area contributed by atoms with E-state index in [-0.39, 0.29) is 11.3 Å². The molecule has 1 aliphatic rings. The molecule has 1 saturated heterocycles. The first-order chi connectivity index (χ1) is 9.95. The number of nitro groups is 1. The molecule has 116 valence electrons. The van der Waals surface area contributed by atoms with Crippen LogP contribution in [0.4, 0.5) is 14.5 Å². The average molecular weight is 301 g/mol. The summed E-state index contributed by atoms with van der Waals surface area (Å²) >= 11 is 0. The number of benzene rings is 1. The van der Waals surface area contributed by atoms with E-state index in [0.29, 0.717) is 26.2 Å². The third-order valence-corrected chi connectivity index (χ3v) is 3.52. The van der Waals surface area contributed by atoms with Gasteiger partial charge in [-0.15, -0.1) is 0 Å². The Hall–Kier alpha value is -1.64. The molecule has 8 heteroatoms. The molecule has 1 fully saturated rings. The fourth-order valence-corrected chi connectivity index (χ4v) is 2.56. The standard InChI is InChI=1S/C13H17F2N3O3/c14-13(15,9-19)12(17-6-4-16-5-7-17)10-2-1-3-11(8-10)18(20)21/h1-3,8,12,16,19H,4-7,9H2/t12-/m1/s1. The molecule has 1 heterocycles. The van der Waals surface area contributed by atoms with Gasteiger partial charge in [0.2, 0.25) is 0 Å². The quantitative estimate of drug-likeness (QED) is 0.630. The summed E-state index contributed by atoms with van der Waals surface area (Å²) in [4.78, 5) is 11.7. The van der Waals surface area contributed by atoms with Crippen molar-refractivity contribution >= 4 is 5.69 Å². The molecule has 0 aliphatic carbocycles. The monoisotopic (exact) mass is 301 g/mol. The summed E-state index contributed by atoms with van der Waals surface area (Å²) in [7, 11) is 0. The van der Waals surface area contributed by atoms with E-state index in [1.807, 2.05) is 0 Å². The van der Waals surface area contributed by atoms with Crippen LogP contribution in [0.15, 0.2) is 24.3 Å². The van der Waals surface area contributed by atoms with Gasteiger partial charge in [-0.2, -0.15) is 0 Å². The van der Waals surface area contributed by atoms with Gasteiger partial charge in [-0.25, -0.2) is 8.78 Å². The second kappa shape index (κ2) is 6.42. The zero-order chi connectivity index (χ0) is 15.5. The number of nitrogens with zero attached hydrogens (tertiary/aromatic N) is 2. The van der Waals surface area contributed by atoms with Crippen LogP contribution >= 0.6 is 0 Å². The Morgan fingerprint density at radius 3 is 2.67 bits per heavy atom. The van der Waals surface area contributed by atoms with Gasteiger partial charge in [0.25, 0.3) is 11.6 Å². The van der Waals surface area contributed by atoms with Crippen molar-refractivity contribution in [2.75, 3.05) is 32.8 Å². The fraction of sp³-hybridized carbons (Fsp3) is 0.538. The van der Waals surface area contributed by atoms with Gasteiger partial charge in [0, 0.05) is 38.3 Å². The molecule has 6 nitrogen and oxygen atoms in total. The average Bonchev–Trinajstić information content (AvgIpc) is 2.48. The number of non-ortho nitro benzene ring substituents is 1. The molecular weight excluding hydrogens is 284 g/mol. The van der Waals surface area contributed by atoms with Gasteiger partial charge in [-0.05, 0) is 5.56 Å². The van der Waals surface area contributed by atoms with Gasteiger partial charge in [-0.3, -0.25) is 15.0 Å². The smallest absolute Gasteiger partial charge is 0.289 e. The van der Waals surface area contributed by atoms with Crippen molar-refractivity contribution in [2.24, 2.45) is 0 Å². The van der Waals surface area contributed by atoms with Crippen molar-refractivity contribution in [2.45, 2.75) is 12.0 Å². The third kappa shape index (κ3) is 3.52. The molecule has 0 spiro atoms. The minimum absolute atomic E-state index is 0.144. The summed E-state index contributed by atoms with van der Waals surface area (Å²) in [6.45, 7) is 0.607. The van der Waals surface area contributed by atoms with Crippen LogP contribution in [-0.2, 0) is 0 Å². The Bertz CT molecular complexity index is 507. The summed E-state index contributed by atoms with van der Waals surface area (Å²) in [6, 6.07) is 3.86. The van der Waals surface area contributed by atoms with E-state index >= 15 is 0 Å². The molecule has 0 unspecified atom stereocenters. The number of piperazine rings is 1. The van der Waals surface area contributed by atoms with Crippen LogP contribution in [0, 0.1) is 10.1 Å². The zero-order valence-electron chi connectivity index (χ0n) is 11.3. The van der Waals surface area contributed by atoms with Crippen molar-refractivity contribution < 1.29 is 18.8 Å².